The zero-order chi connectivity index (χ0) is 18.0. The highest BCUT2D eigenvalue weighted by molar-refractivity contribution is 7.89. The van der Waals surface area contributed by atoms with Crippen LogP contribution in [0.4, 0.5) is 8.78 Å². The van der Waals surface area contributed by atoms with Gasteiger partial charge in [0, 0.05) is 4.88 Å². The number of amides is 1. The Labute approximate surface area is 148 Å². The molecule has 0 fully saturated rings. The Balaban J connectivity index is 1.70. The lowest BCUT2D eigenvalue weighted by Gasteiger charge is -2.08. The van der Waals surface area contributed by atoms with Crippen LogP contribution in [0.25, 0.3) is 0 Å². The number of hydrogen-bond acceptors (Lipinski definition) is 4. The first-order chi connectivity index (χ1) is 11.9. The van der Waals surface area contributed by atoms with Gasteiger partial charge in [-0.1, -0.05) is 6.42 Å². The summed E-state index contributed by atoms with van der Waals surface area (Å²) in [6, 6.07) is 3.96. The molecule has 1 amide bonds. The lowest BCUT2D eigenvalue weighted by Crippen LogP contribution is -2.41. The molecule has 0 atom stereocenters. The van der Waals surface area contributed by atoms with Gasteiger partial charge in [-0.3, -0.25) is 10.2 Å². The molecule has 1 aromatic carbocycles. The highest BCUT2D eigenvalue weighted by atomic mass is 32.2. The topological polar surface area (TPSA) is 75.3 Å². The number of benzene rings is 1. The third-order valence-electron chi connectivity index (χ3n) is 3.97. The minimum atomic E-state index is -4.19. The normalized spacial score (nSPS) is 14.6. The summed E-state index contributed by atoms with van der Waals surface area (Å²) < 4.78 is 50.2. The maximum absolute atomic E-state index is 13.2. The number of rotatable bonds is 4. The number of thiophene rings is 1. The van der Waals surface area contributed by atoms with E-state index in [9.17, 15) is 22.0 Å². The Kier molecular flexibility index (Phi) is 5.16. The van der Waals surface area contributed by atoms with E-state index >= 15 is 0 Å². The van der Waals surface area contributed by atoms with Gasteiger partial charge in [0.1, 0.15) is 0 Å². The third-order valence-corrected chi connectivity index (χ3v) is 6.45. The van der Waals surface area contributed by atoms with E-state index in [1.807, 2.05) is 4.83 Å². The summed E-state index contributed by atoms with van der Waals surface area (Å²) in [6.45, 7) is 0. The minimum absolute atomic E-state index is 0.417. The van der Waals surface area contributed by atoms with Crippen molar-refractivity contribution in [1.82, 2.24) is 10.3 Å². The number of halogens is 2. The standard InChI is InChI=1S/C16H16F2N2O3S2/c17-12-7-6-11(9-13(12)18)25(22,23)20-19-16(21)15-8-10-4-2-1-3-5-14(10)24-15/h6-9,20H,1-5H2,(H,19,21). The maximum Gasteiger partial charge on any atom is 0.276 e. The second-order valence-electron chi connectivity index (χ2n) is 5.76. The molecule has 1 aliphatic rings. The van der Waals surface area contributed by atoms with Crippen molar-refractivity contribution in [3.8, 4) is 0 Å². The summed E-state index contributed by atoms with van der Waals surface area (Å²) in [5.41, 5.74) is 3.25. The summed E-state index contributed by atoms with van der Waals surface area (Å²) in [5.74, 6) is -3.01. The van der Waals surface area contributed by atoms with Crippen molar-refractivity contribution in [3.63, 3.8) is 0 Å². The molecule has 134 valence electrons. The van der Waals surface area contributed by atoms with Crippen molar-refractivity contribution < 1.29 is 22.0 Å². The molecule has 1 aliphatic carbocycles. The first kappa shape index (κ1) is 18.0. The van der Waals surface area contributed by atoms with Crippen LogP contribution < -0.4 is 10.3 Å². The lowest BCUT2D eigenvalue weighted by atomic mass is 10.1. The number of carbonyl (C=O) groups excluding carboxylic acids is 1. The summed E-state index contributed by atoms with van der Waals surface area (Å²) in [6.07, 6.45) is 5.16. The molecule has 0 unspecified atom stereocenters. The Morgan fingerprint density at radius 3 is 2.56 bits per heavy atom. The number of aryl methyl sites for hydroxylation is 2. The van der Waals surface area contributed by atoms with Gasteiger partial charge in [0.2, 0.25) is 0 Å². The second-order valence-corrected chi connectivity index (χ2v) is 8.57. The van der Waals surface area contributed by atoms with Gasteiger partial charge in [-0.15, -0.1) is 16.2 Å². The monoisotopic (exact) mass is 386 g/mol. The molecule has 3 rings (SSSR count). The lowest BCUT2D eigenvalue weighted by molar-refractivity contribution is 0.0949. The molecule has 0 saturated heterocycles. The van der Waals surface area contributed by atoms with E-state index in [-0.39, 0.29) is 0 Å². The number of fused-ring (bicyclic) bond motifs is 1. The van der Waals surface area contributed by atoms with Crippen molar-refractivity contribution in [1.29, 1.82) is 0 Å². The highest BCUT2D eigenvalue weighted by Gasteiger charge is 2.20. The van der Waals surface area contributed by atoms with Gasteiger partial charge >= 0.3 is 0 Å². The molecule has 9 heteroatoms. The molecule has 1 heterocycles. The summed E-state index contributed by atoms with van der Waals surface area (Å²) in [5, 5.41) is 0. The van der Waals surface area contributed by atoms with Crippen LogP contribution in [-0.4, -0.2) is 14.3 Å². The first-order valence-electron chi connectivity index (χ1n) is 7.75. The number of hydrazine groups is 1. The zero-order valence-corrected chi connectivity index (χ0v) is 14.8. The Morgan fingerprint density at radius 1 is 1.04 bits per heavy atom. The van der Waals surface area contributed by atoms with Crippen molar-refractivity contribution in [2.24, 2.45) is 0 Å². The quantitative estimate of drug-likeness (QED) is 0.627. The van der Waals surface area contributed by atoms with Crippen LogP contribution in [0, 0.1) is 11.6 Å². The Hall–Kier alpha value is -1.84. The van der Waals surface area contributed by atoms with Crippen LogP contribution in [0.15, 0.2) is 29.2 Å². The average molecular weight is 386 g/mol. The molecule has 25 heavy (non-hydrogen) atoms. The largest absolute Gasteiger partial charge is 0.276 e. The molecule has 0 aliphatic heterocycles. The number of carbonyl (C=O) groups is 1. The van der Waals surface area contributed by atoms with Crippen molar-refractivity contribution in [2.75, 3.05) is 0 Å². The summed E-state index contributed by atoms with van der Waals surface area (Å²) in [4.78, 5) is 15.2. The SMILES string of the molecule is O=C(NNS(=O)(=O)c1ccc(F)c(F)c1)c1cc2c(s1)CCCCC2. The molecule has 0 radical (unpaired) electrons. The van der Waals surface area contributed by atoms with E-state index in [1.165, 1.54) is 11.3 Å². The zero-order valence-electron chi connectivity index (χ0n) is 13.1. The summed E-state index contributed by atoms with van der Waals surface area (Å²) >= 11 is 1.35. The third kappa shape index (κ3) is 4.05. The Bertz CT molecular complexity index is 887. The van der Waals surface area contributed by atoms with Crippen LogP contribution in [0.2, 0.25) is 0 Å². The molecule has 1 aromatic heterocycles. The number of nitrogens with one attached hydrogen (secondary N) is 2. The van der Waals surface area contributed by atoms with Gasteiger partial charge in [-0.05, 0) is 55.5 Å². The number of hydrogen-bond donors (Lipinski definition) is 2. The Morgan fingerprint density at radius 2 is 1.80 bits per heavy atom. The molecule has 0 bridgehead atoms. The fourth-order valence-electron chi connectivity index (χ4n) is 2.66. The van der Waals surface area contributed by atoms with Gasteiger partial charge in [0.15, 0.2) is 11.6 Å². The molecular formula is C16H16F2N2O3S2. The fraction of sp³-hybridized carbons (Fsp3) is 0.312. The van der Waals surface area contributed by atoms with Crippen molar-refractivity contribution >= 4 is 27.3 Å². The number of sulfonamides is 1. The molecular weight excluding hydrogens is 370 g/mol. The van der Waals surface area contributed by atoms with Gasteiger partial charge in [-0.2, -0.15) is 0 Å². The predicted molar refractivity (Wildman–Crippen MR) is 89.7 cm³/mol. The van der Waals surface area contributed by atoms with Crippen molar-refractivity contribution in [2.45, 2.75) is 37.0 Å². The van der Waals surface area contributed by atoms with E-state index in [2.05, 4.69) is 5.43 Å². The maximum atomic E-state index is 13.2. The minimum Gasteiger partial charge on any atom is -0.273 e. The van der Waals surface area contributed by atoms with E-state index in [0.717, 1.165) is 48.6 Å². The van der Waals surface area contributed by atoms with Crippen LogP contribution in [0.3, 0.4) is 0 Å². The smallest absolute Gasteiger partial charge is 0.273 e. The van der Waals surface area contributed by atoms with Gasteiger partial charge in [0.05, 0.1) is 9.77 Å². The van der Waals surface area contributed by atoms with E-state index in [1.54, 1.807) is 6.07 Å². The van der Waals surface area contributed by atoms with E-state index in [4.69, 9.17) is 0 Å². The molecule has 2 aromatic rings. The summed E-state index contributed by atoms with van der Waals surface area (Å²) in [7, 11) is -4.19. The fourth-order valence-corrected chi connectivity index (χ4v) is 4.66. The van der Waals surface area contributed by atoms with Gasteiger partial charge in [0.25, 0.3) is 15.9 Å². The van der Waals surface area contributed by atoms with Crippen LogP contribution in [0.5, 0.6) is 0 Å². The second kappa shape index (κ2) is 7.19. The highest BCUT2D eigenvalue weighted by Crippen LogP contribution is 2.28. The molecule has 0 saturated carbocycles. The van der Waals surface area contributed by atoms with Gasteiger partial charge < -0.3 is 0 Å². The first-order valence-corrected chi connectivity index (χ1v) is 10.1. The van der Waals surface area contributed by atoms with E-state index < -0.39 is 32.5 Å². The van der Waals surface area contributed by atoms with Crippen LogP contribution in [0.1, 0.15) is 39.4 Å². The predicted octanol–water partition coefficient (Wildman–Crippen LogP) is 2.92. The molecule has 0 spiro atoms. The van der Waals surface area contributed by atoms with E-state index in [0.29, 0.717) is 17.0 Å². The average Bonchev–Trinajstić information content (AvgIpc) is 2.86. The van der Waals surface area contributed by atoms with Crippen LogP contribution in [-0.2, 0) is 22.9 Å². The molecule has 5 nitrogen and oxygen atoms in total. The van der Waals surface area contributed by atoms with Crippen molar-refractivity contribution in [3.05, 3.63) is 51.2 Å². The molecule has 2 N–H and O–H groups in total. The van der Waals surface area contributed by atoms with Crippen LogP contribution >= 0.6 is 11.3 Å². The van der Waals surface area contributed by atoms with Gasteiger partial charge in [-0.25, -0.2) is 17.2 Å².